The Kier molecular flexibility index (Phi) is 66.4. The lowest BCUT2D eigenvalue weighted by Gasteiger charge is -2.50. The molecule has 2 saturated heterocycles. The number of phosphoric ester groups is 1. The molecule has 25 nitrogen and oxygen atoms in total. The van der Waals surface area contributed by atoms with E-state index in [1.807, 2.05) is 0 Å². The van der Waals surface area contributed by atoms with Crippen molar-refractivity contribution in [1.29, 1.82) is 0 Å². The highest BCUT2D eigenvalue weighted by atomic mass is 31.2. The molecule has 0 amide bonds. The molecule has 0 bridgehead atoms. The normalized spacial score (nSPS) is 25.2. The summed E-state index contributed by atoms with van der Waals surface area (Å²) >= 11 is 0. The van der Waals surface area contributed by atoms with Crippen LogP contribution in [0.4, 0.5) is 0 Å². The molecule has 20 unspecified atom stereocenters. The smallest absolute Gasteiger partial charge is 0.463 e. The molecule has 2 heterocycles. The van der Waals surface area contributed by atoms with Gasteiger partial charge in [0, 0.05) is 25.7 Å². The summed E-state index contributed by atoms with van der Waals surface area (Å²) in [5.41, 5.74) is 0. The fourth-order valence-corrected chi connectivity index (χ4v) is 17.7. The number of rotatable bonds is 79. The second-order valence-electron chi connectivity index (χ2n) is 35.9. The predicted molar refractivity (Wildman–Crippen MR) is 467 cm³/mol. The van der Waals surface area contributed by atoms with Gasteiger partial charge in [0.2, 0.25) is 0 Å². The van der Waals surface area contributed by atoms with Crippen molar-refractivity contribution in [3.8, 4) is 0 Å². The Bertz CT molecular complexity index is 2520. The third kappa shape index (κ3) is 51.5. The van der Waals surface area contributed by atoms with Crippen LogP contribution in [0.5, 0.6) is 0 Å². The summed E-state index contributed by atoms with van der Waals surface area (Å²) in [5.74, 6) is -1.59. The number of hydrogen-bond donors (Lipinski definition) is 10. The van der Waals surface area contributed by atoms with Gasteiger partial charge in [0.25, 0.3) is 0 Å². The van der Waals surface area contributed by atoms with E-state index >= 15 is 0 Å². The summed E-state index contributed by atoms with van der Waals surface area (Å²) in [5, 5.41) is 103. The Labute approximate surface area is 725 Å². The molecule has 3 aliphatic rings. The summed E-state index contributed by atoms with van der Waals surface area (Å²) in [7, 11) is -5.81. The summed E-state index contributed by atoms with van der Waals surface area (Å²) < 4.78 is 73.7. The first-order valence-electron chi connectivity index (χ1n) is 49.1. The van der Waals surface area contributed by atoms with Crippen LogP contribution < -0.4 is 0 Å². The Morgan fingerprint density at radius 3 is 0.992 bits per heavy atom. The molecule has 708 valence electrons. The van der Waals surface area contributed by atoms with Gasteiger partial charge in [-0.3, -0.25) is 28.2 Å². The summed E-state index contributed by atoms with van der Waals surface area (Å²) in [6.07, 6.45) is 26.5. The first-order valence-corrected chi connectivity index (χ1v) is 50.5. The fourth-order valence-electron chi connectivity index (χ4n) is 16.7. The number of hydrogen-bond acceptors (Lipinski definition) is 24. The number of ether oxygens (including phenoxy) is 8. The molecule has 0 spiro atoms. The molecule has 1 saturated carbocycles. The molecule has 2 aliphatic heterocycles. The van der Waals surface area contributed by atoms with Gasteiger partial charge in [-0.2, -0.15) is 0 Å². The zero-order valence-corrected chi connectivity index (χ0v) is 76.9. The van der Waals surface area contributed by atoms with E-state index in [1.54, 1.807) is 0 Å². The lowest BCUT2D eigenvalue weighted by atomic mass is 9.84. The molecule has 3 fully saturated rings. The van der Waals surface area contributed by atoms with Crippen LogP contribution in [0.1, 0.15) is 433 Å². The molecule has 1 aliphatic carbocycles. The summed E-state index contributed by atoms with van der Waals surface area (Å²) in [6.45, 7) is 10.3. The van der Waals surface area contributed by atoms with Crippen molar-refractivity contribution in [1.82, 2.24) is 0 Å². The topological polar surface area (TPSA) is 380 Å². The van der Waals surface area contributed by atoms with Crippen LogP contribution in [0, 0.1) is 11.8 Å². The van der Waals surface area contributed by atoms with Crippen molar-refractivity contribution >= 4 is 31.7 Å². The number of phosphoric acid groups is 1. The van der Waals surface area contributed by atoms with E-state index in [4.69, 9.17) is 46.9 Å². The van der Waals surface area contributed by atoms with Gasteiger partial charge in [-0.15, -0.1) is 0 Å². The minimum Gasteiger partial charge on any atom is -0.463 e. The molecule has 0 aromatic heterocycles. The SMILES string of the molecule is CCCCCCCCCCCCCCCCCCC(=O)OC1C(O)C(O)C(OC2OC(CO)C(O)C(O)C2O)C(OP(=O)(O)OCC(COC(=O)CCCCCCCCC(C)CCCCCCCC)OC(=O)CCCCCCCCC(C)CCCCCCCC)C1OC1OC(COC(=O)CCCCCCCCCCCCCCC)C(O)C(O)C1O. The van der Waals surface area contributed by atoms with E-state index in [-0.39, 0.29) is 25.7 Å². The Morgan fingerprint density at radius 2 is 0.625 bits per heavy atom. The number of unbranched alkanes of at least 4 members (excludes halogenated alkanes) is 47. The zero-order chi connectivity index (χ0) is 87.8. The molecule has 0 radical (unpaired) electrons. The third-order valence-corrected chi connectivity index (χ3v) is 25.6. The maximum Gasteiger partial charge on any atom is 0.472 e. The van der Waals surface area contributed by atoms with Crippen molar-refractivity contribution < 1.29 is 122 Å². The number of aliphatic hydroxyl groups is 9. The number of carbonyl (C=O) groups excluding carboxylic acids is 4. The van der Waals surface area contributed by atoms with Crippen molar-refractivity contribution in [3.05, 3.63) is 0 Å². The minimum atomic E-state index is -5.81. The van der Waals surface area contributed by atoms with E-state index in [0.29, 0.717) is 43.9 Å². The first-order chi connectivity index (χ1) is 58.0. The molecular formula is C94H177O25P. The van der Waals surface area contributed by atoms with E-state index in [0.717, 1.165) is 128 Å². The monoisotopic (exact) mass is 1740 g/mol. The van der Waals surface area contributed by atoms with Gasteiger partial charge in [0.15, 0.2) is 24.8 Å². The average Bonchev–Trinajstić information content (AvgIpc) is 0.754. The highest BCUT2D eigenvalue weighted by Gasteiger charge is 2.60. The predicted octanol–water partition coefficient (Wildman–Crippen LogP) is 18.7. The molecule has 3 rings (SSSR count). The van der Waals surface area contributed by atoms with Crippen molar-refractivity contribution in [2.45, 2.75) is 537 Å². The van der Waals surface area contributed by atoms with E-state index < -0.39 is 162 Å². The van der Waals surface area contributed by atoms with Gasteiger partial charge in [-0.05, 0) is 37.5 Å². The van der Waals surface area contributed by atoms with Crippen LogP contribution in [0.3, 0.4) is 0 Å². The second-order valence-corrected chi connectivity index (χ2v) is 37.3. The molecular weight excluding hydrogens is 1560 g/mol. The van der Waals surface area contributed by atoms with Crippen LogP contribution >= 0.6 is 7.82 Å². The molecule has 0 aromatic rings. The largest absolute Gasteiger partial charge is 0.472 e. The first kappa shape index (κ1) is 112. The minimum absolute atomic E-state index is 0.0191. The fraction of sp³-hybridized carbons (Fsp3) is 0.957. The average molecular weight is 1740 g/mol. The maximum atomic E-state index is 14.9. The molecule has 0 aromatic carbocycles. The number of aliphatic hydroxyl groups excluding tert-OH is 9. The maximum absolute atomic E-state index is 14.9. The second kappa shape index (κ2) is 71.4. The highest BCUT2D eigenvalue weighted by molar-refractivity contribution is 7.47. The summed E-state index contributed by atoms with van der Waals surface area (Å²) in [6, 6.07) is 0. The van der Waals surface area contributed by atoms with Crippen LogP contribution in [-0.2, 0) is 70.7 Å². The van der Waals surface area contributed by atoms with Gasteiger partial charge >= 0.3 is 31.7 Å². The van der Waals surface area contributed by atoms with Gasteiger partial charge < -0.3 is 88.7 Å². The Balaban J connectivity index is 1.92. The van der Waals surface area contributed by atoms with Gasteiger partial charge in [-0.1, -0.05) is 382 Å². The van der Waals surface area contributed by atoms with E-state index in [2.05, 4.69) is 41.5 Å². The number of esters is 4. The Hall–Kier alpha value is -2.53. The van der Waals surface area contributed by atoms with Crippen LogP contribution in [-0.4, -0.2) is 205 Å². The van der Waals surface area contributed by atoms with Crippen molar-refractivity contribution in [3.63, 3.8) is 0 Å². The lowest BCUT2D eigenvalue weighted by molar-refractivity contribution is -0.360. The molecule has 20 atom stereocenters. The Morgan fingerprint density at radius 1 is 0.325 bits per heavy atom. The zero-order valence-electron chi connectivity index (χ0n) is 76.0. The highest BCUT2D eigenvalue weighted by Crippen LogP contribution is 2.49. The van der Waals surface area contributed by atoms with Gasteiger partial charge in [0.05, 0.1) is 13.2 Å². The van der Waals surface area contributed by atoms with Gasteiger partial charge in [-0.25, -0.2) is 4.57 Å². The molecule has 120 heavy (non-hydrogen) atoms. The van der Waals surface area contributed by atoms with Gasteiger partial charge in [0.1, 0.15) is 92.6 Å². The summed E-state index contributed by atoms with van der Waals surface area (Å²) in [4.78, 5) is 66.7. The number of carbonyl (C=O) groups is 4. The van der Waals surface area contributed by atoms with Crippen LogP contribution in [0.2, 0.25) is 0 Å². The van der Waals surface area contributed by atoms with Crippen molar-refractivity contribution in [2.24, 2.45) is 11.8 Å². The standard InChI is InChI=1S/C94H177O25P/c1-7-11-15-19-23-25-27-29-30-31-33-35-37-39-50-59-67-80(99)116-89-85(104)86(105)90(117-93-87(106)83(102)81(100)75(68-95)114-93)92(91(89)118-94-88(107)84(103)82(101)76(115-94)71-111-78(97)65-57-48-38-36-34-32-28-26-24-20-16-12-8-2)119-120(108,109)112-70-74(113-79(98)66-58-51-43-41-47-55-63-73(6)61-53-45-22-18-14-10-4)69-110-77(96)64-56-49-42-40-46-54-62-72(5)60-52-44-21-17-13-9-3/h72-76,81-95,100-107H,7-71H2,1-6H3,(H,108,109). The third-order valence-electron chi connectivity index (χ3n) is 24.7. The molecule has 10 N–H and O–H groups in total. The van der Waals surface area contributed by atoms with Crippen LogP contribution in [0.15, 0.2) is 0 Å². The molecule has 26 heteroatoms. The van der Waals surface area contributed by atoms with E-state index in [9.17, 15) is 74.6 Å². The van der Waals surface area contributed by atoms with Crippen LogP contribution in [0.25, 0.3) is 0 Å². The van der Waals surface area contributed by atoms with Crippen molar-refractivity contribution in [2.75, 3.05) is 26.4 Å². The van der Waals surface area contributed by atoms with E-state index in [1.165, 1.54) is 205 Å². The lowest BCUT2D eigenvalue weighted by Crippen LogP contribution is -2.70. The quantitative estimate of drug-likeness (QED) is 0.0117.